The molecule has 128 valence electrons. The number of hydrogen-bond acceptors (Lipinski definition) is 5. The lowest BCUT2D eigenvalue weighted by Gasteiger charge is -2.02. The molecule has 1 amide bonds. The minimum Gasteiger partial charge on any atom is -0.407 e. The van der Waals surface area contributed by atoms with Crippen LogP contribution in [0, 0.1) is 3.57 Å². The second-order valence-electron chi connectivity index (χ2n) is 5.19. The molecule has 0 saturated heterocycles. The number of thioether (sulfide) groups is 1. The molecule has 0 atom stereocenters. The van der Waals surface area contributed by atoms with E-state index in [1.54, 1.807) is 17.8 Å². The molecular weight excluding hydrogens is 449 g/mol. The van der Waals surface area contributed by atoms with Crippen LogP contribution in [-0.4, -0.2) is 21.9 Å². The zero-order valence-corrected chi connectivity index (χ0v) is 16.5. The van der Waals surface area contributed by atoms with Gasteiger partial charge in [0.1, 0.15) is 0 Å². The van der Waals surface area contributed by atoms with Crippen molar-refractivity contribution >= 4 is 46.3 Å². The van der Waals surface area contributed by atoms with E-state index in [4.69, 9.17) is 4.42 Å². The number of nitrogens with zero attached hydrogens (tertiary/aromatic N) is 2. The van der Waals surface area contributed by atoms with Crippen LogP contribution in [0.2, 0.25) is 0 Å². The Balaban J connectivity index is 1.64. The van der Waals surface area contributed by atoms with Crippen LogP contribution < -0.4 is 5.32 Å². The number of rotatable bonds is 6. The Hall–Kier alpha value is -1.87. The molecule has 7 heteroatoms. The average Bonchev–Trinajstić information content (AvgIpc) is 3.04. The quantitative estimate of drug-likeness (QED) is 0.425. The second-order valence-corrected chi connectivity index (χ2v) is 7.69. The van der Waals surface area contributed by atoms with Gasteiger partial charge in [-0.15, -0.1) is 16.9 Å². The Morgan fingerprint density at radius 1 is 1.16 bits per heavy atom. The Kier molecular flexibility index (Phi) is 6.09. The van der Waals surface area contributed by atoms with Crippen molar-refractivity contribution in [1.29, 1.82) is 0 Å². The Labute approximate surface area is 163 Å². The van der Waals surface area contributed by atoms with Gasteiger partial charge < -0.3 is 4.42 Å². The van der Waals surface area contributed by atoms with Crippen molar-refractivity contribution in [3.63, 3.8) is 0 Å². The molecule has 1 aromatic heterocycles. The highest BCUT2D eigenvalue weighted by molar-refractivity contribution is 14.1. The molecule has 3 rings (SSSR count). The molecule has 0 saturated carbocycles. The summed E-state index contributed by atoms with van der Waals surface area (Å²) >= 11 is 3.92. The largest absolute Gasteiger partial charge is 0.407 e. The molecule has 0 radical (unpaired) electrons. The van der Waals surface area contributed by atoms with Crippen molar-refractivity contribution in [3.8, 4) is 0 Å². The third-order valence-corrected chi connectivity index (χ3v) is 5.23. The van der Waals surface area contributed by atoms with Crippen LogP contribution in [-0.2, 0) is 6.42 Å². The highest BCUT2D eigenvalue weighted by atomic mass is 127. The molecule has 0 aliphatic rings. The van der Waals surface area contributed by atoms with Crippen LogP contribution in [0.25, 0.3) is 0 Å². The molecule has 0 fully saturated rings. The first-order valence-corrected chi connectivity index (χ1v) is 9.82. The number of hydrogen-bond donors (Lipinski definition) is 1. The third kappa shape index (κ3) is 4.82. The number of aromatic nitrogens is 2. The smallest absolute Gasteiger partial charge is 0.322 e. The third-order valence-electron chi connectivity index (χ3n) is 3.40. The lowest BCUT2D eigenvalue weighted by Crippen LogP contribution is -2.13. The molecule has 0 unspecified atom stereocenters. The van der Waals surface area contributed by atoms with Gasteiger partial charge in [0.15, 0.2) is 0 Å². The molecule has 5 nitrogen and oxygen atoms in total. The van der Waals surface area contributed by atoms with E-state index in [1.165, 1.54) is 4.90 Å². The summed E-state index contributed by atoms with van der Waals surface area (Å²) in [5.41, 5.74) is 1.66. The summed E-state index contributed by atoms with van der Waals surface area (Å²) in [5.74, 6) is 1.25. The second kappa shape index (κ2) is 8.48. The summed E-state index contributed by atoms with van der Waals surface area (Å²) in [6.45, 7) is 2.13. The van der Waals surface area contributed by atoms with E-state index in [2.05, 4.69) is 57.2 Å². The van der Waals surface area contributed by atoms with Crippen molar-refractivity contribution in [1.82, 2.24) is 10.2 Å². The molecule has 0 aliphatic carbocycles. The first-order chi connectivity index (χ1) is 12.2. The van der Waals surface area contributed by atoms with E-state index >= 15 is 0 Å². The van der Waals surface area contributed by atoms with E-state index in [9.17, 15) is 4.79 Å². The van der Waals surface area contributed by atoms with E-state index in [0.29, 0.717) is 17.9 Å². The van der Waals surface area contributed by atoms with Crippen LogP contribution in [0.5, 0.6) is 0 Å². The minimum atomic E-state index is -0.263. The van der Waals surface area contributed by atoms with E-state index in [-0.39, 0.29) is 11.9 Å². The van der Waals surface area contributed by atoms with Crippen LogP contribution in [0.4, 0.5) is 6.01 Å². The van der Waals surface area contributed by atoms with Gasteiger partial charge in [0.2, 0.25) is 5.89 Å². The molecule has 1 heterocycles. The fourth-order valence-electron chi connectivity index (χ4n) is 2.23. The van der Waals surface area contributed by atoms with Crippen LogP contribution in [0.3, 0.4) is 0 Å². The van der Waals surface area contributed by atoms with Gasteiger partial charge in [-0.3, -0.25) is 10.1 Å². The highest BCUT2D eigenvalue weighted by Gasteiger charge is 2.14. The fourth-order valence-corrected chi connectivity index (χ4v) is 3.52. The summed E-state index contributed by atoms with van der Waals surface area (Å²) in [4.78, 5) is 13.5. The normalized spacial score (nSPS) is 10.6. The number of carbonyl (C=O) groups excluding carboxylic acids is 1. The molecule has 2 aromatic carbocycles. The number of amides is 1. The number of halogens is 1. The minimum absolute atomic E-state index is 0.109. The zero-order valence-electron chi connectivity index (χ0n) is 13.5. The first-order valence-electron chi connectivity index (χ1n) is 7.75. The van der Waals surface area contributed by atoms with Crippen LogP contribution >= 0.6 is 34.4 Å². The van der Waals surface area contributed by atoms with Crippen LogP contribution in [0.1, 0.15) is 28.7 Å². The van der Waals surface area contributed by atoms with Crippen molar-refractivity contribution in [2.24, 2.45) is 0 Å². The summed E-state index contributed by atoms with van der Waals surface area (Å²) in [5, 5.41) is 10.5. The lowest BCUT2D eigenvalue weighted by molar-refractivity contribution is 0.102. The Morgan fingerprint density at radius 2 is 1.92 bits per heavy atom. The van der Waals surface area contributed by atoms with Crippen molar-refractivity contribution in [3.05, 3.63) is 69.1 Å². The van der Waals surface area contributed by atoms with Gasteiger partial charge in [0.05, 0.1) is 12.0 Å². The molecule has 0 spiro atoms. The predicted octanol–water partition coefficient (Wildman–Crippen LogP) is 4.63. The van der Waals surface area contributed by atoms with E-state index in [0.717, 1.165) is 14.9 Å². The number of benzene rings is 2. The van der Waals surface area contributed by atoms with Gasteiger partial charge in [-0.1, -0.05) is 36.3 Å². The molecule has 25 heavy (non-hydrogen) atoms. The lowest BCUT2D eigenvalue weighted by atomic mass is 10.1. The summed E-state index contributed by atoms with van der Waals surface area (Å²) in [7, 11) is 0. The van der Waals surface area contributed by atoms with Gasteiger partial charge in [0, 0.05) is 8.47 Å². The molecule has 1 N–H and O–H groups in total. The van der Waals surface area contributed by atoms with Crippen LogP contribution in [0.15, 0.2) is 57.8 Å². The summed E-state index contributed by atoms with van der Waals surface area (Å²) in [6, 6.07) is 15.7. The molecule has 0 bridgehead atoms. The maximum absolute atomic E-state index is 12.3. The van der Waals surface area contributed by atoms with Gasteiger partial charge in [-0.2, -0.15) is 0 Å². The summed E-state index contributed by atoms with van der Waals surface area (Å²) < 4.78 is 6.40. The van der Waals surface area contributed by atoms with E-state index < -0.39 is 0 Å². The summed E-state index contributed by atoms with van der Waals surface area (Å²) in [6.07, 6.45) is 0.531. The number of nitrogens with one attached hydrogen (secondary N) is 1. The van der Waals surface area contributed by atoms with E-state index in [1.807, 2.05) is 30.3 Å². The van der Waals surface area contributed by atoms with Gasteiger partial charge in [-0.25, -0.2) is 0 Å². The van der Waals surface area contributed by atoms with Crippen molar-refractivity contribution < 1.29 is 9.21 Å². The Morgan fingerprint density at radius 3 is 2.64 bits per heavy atom. The van der Waals surface area contributed by atoms with Gasteiger partial charge in [-0.05, 0) is 58.2 Å². The number of carbonyl (C=O) groups is 1. The molecular formula is C18H16IN3O2S. The zero-order chi connectivity index (χ0) is 17.6. The monoisotopic (exact) mass is 465 g/mol. The van der Waals surface area contributed by atoms with Crippen molar-refractivity contribution in [2.45, 2.75) is 18.2 Å². The number of anilines is 1. The van der Waals surface area contributed by atoms with Crippen molar-refractivity contribution in [2.75, 3.05) is 11.1 Å². The fraction of sp³-hybridized carbons (Fsp3) is 0.167. The standard InChI is InChI=1S/C18H16IN3O2S/c1-2-25-13-9-7-12(8-10-13)11-16-21-22-18(24-16)20-17(23)14-5-3-4-6-15(14)19/h3-10H,2,11H2,1H3,(H,20,22,23). The Bertz CT molecular complexity index is 865. The maximum atomic E-state index is 12.3. The molecule has 0 aliphatic heterocycles. The van der Waals surface area contributed by atoms with Gasteiger partial charge in [0.25, 0.3) is 5.91 Å². The SMILES string of the molecule is CCSc1ccc(Cc2nnc(NC(=O)c3ccccc3I)o2)cc1. The predicted molar refractivity (Wildman–Crippen MR) is 107 cm³/mol. The maximum Gasteiger partial charge on any atom is 0.322 e. The first kappa shape index (κ1) is 17.9. The average molecular weight is 465 g/mol. The highest BCUT2D eigenvalue weighted by Crippen LogP contribution is 2.20. The topological polar surface area (TPSA) is 68.0 Å². The molecule has 3 aromatic rings. The van der Waals surface area contributed by atoms with Gasteiger partial charge >= 0.3 is 6.01 Å².